The van der Waals surface area contributed by atoms with Crippen LogP contribution >= 0.6 is 0 Å². The van der Waals surface area contributed by atoms with Crippen LogP contribution in [0.2, 0.25) is 0 Å². The molecule has 1 atom stereocenters. The zero-order valence-electron chi connectivity index (χ0n) is 20.6. The summed E-state index contributed by atoms with van der Waals surface area (Å²) in [6.45, 7) is 4.18. The minimum Gasteiger partial charge on any atom is -0.497 e. The average Bonchev–Trinajstić information content (AvgIpc) is 3.18. The molecule has 0 aromatic heterocycles. The van der Waals surface area contributed by atoms with E-state index in [1.807, 2.05) is 42.5 Å². The molecule has 3 aromatic carbocycles. The van der Waals surface area contributed by atoms with Crippen LogP contribution in [0, 0.1) is 0 Å². The topological polar surface area (TPSA) is 84.0 Å². The SMILES string of the molecule is COc1ccc(S(=O)(=O)N(CCc2ccccc2)C2CC(=O)N(c3ccc(C(C)C)cc3)C2=O)cc1. The maximum atomic E-state index is 13.8. The summed E-state index contributed by atoms with van der Waals surface area (Å²) in [5, 5.41) is 0. The minimum absolute atomic E-state index is 0.0383. The molecule has 1 unspecified atom stereocenters. The van der Waals surface area contributed by atoms with Crippen LogP contribution in [-0.4, -0.2) is 44.2 Å². The molecule has 188 valence electrons. The van der Waals surface area contributed by atoms with E-state index in [-0.39, 0.29) is 17.9 Å². The van der Waals surface area contributed by atoms with Crippen LogP contribution in [0.1, 0.15) is 37.3 Å². The van der Waals surface area contributed by atoms with Crippen molar-refractivity contribution >= 4 is 27.5 Å². The molecule has 3 aromatic rings. The number of sulfonamides is 1. The van der Waals surface area contributed by atoms with Gasteiger partial charge in [-0.3, -0.25) is 9.59 Å². The third-order valence-corrected chi connectivity index (χ3v) is 8.34. The first-order chi connectivity index (χ1) is 17.2. The molecule has 0 bridgehead atoms. The van der Waals surface area contributed by atoms with Gasteiger partial charge in [-0.05, 0) is 59.9 Å². The first-order valence-electron chi connectivity index (χ1n) is 11.9. The summed E-state index contributed by atoms with van der Waals surface area (Å²) in [6.07, 6.45) is 0.187. The van der Waals surface area contributed by atoms with Crippen molar-refractivity contribution in [1.29, 1.82) is 0 Å². The maximum Gasteiger partial charge on any atom is 0.252 e. The molecular weight excluding hydrogens is 476 g/mol. The molecule has 0 saturated carbocycles. The number of methoxy groups -OCH3 is 1. The van der Waals surface area contributed by atoms with Crippen LogP contribution in [0.25, 0.3) is 0 Å². The Morgan fingerprint density at radius 1 is 0.944 bits per heavy atom. The standard InChI is InChI=1S/C28H30N2O5S/c1-20(2)22-9-11-23(12-10-22)30-27(31)19-26(28(30)32)29(18-17-21-7-5-4-6-8-21)36(33,34)25-15-13-24(35-3)14-16-25/h4-16,20,26H,17-19H2,1-3H3. The van der Waals surface area contributed by atoms with Gasteiger partial charge in [-0.25, -0.2) is 13.3 Å². The van der Waals surface area contributed by atoms with Crippen molar-refractivity contribution in [1.82, 2.24) is 4.31 Å². The molecule has 4 rings (SSSR count). The quantitative estimate of drug-likeness (QED) is 0.402. The number of ether oxygens (including phenoxy) is 1. The third-order valence-electron chi connectivity index (χ3n) is 6.42. The Morgan fingerprint density at radius 3 is 2.17 bits per heavy atom. The van der Waals surface area contributed by atoms with Crippen LogP contribution in [0.5, 0.6) is 5.75 Å². The second-order valence-electron chi connectivity index (χ2n) is 9.06. The predicted molar refractivity (Wildman–Crippen MR) is 138 cm³/mol. The van der Waals surface area contributed by atoms with Crippen molar-refractivity contribution in [2.24, 2.45) is 0 Å². The fourth-order valence-electron chi connectivity index (χ4n) is 4.33. The highest BCUT2D eigenvalue weighted by Crippen LogP contribution is 2.31. The molecule has 0 radical (unpaired) electrons. The second kappa shape index (κ2) is 10.6. The largest absolute Gasteiger partial charge is 0.497 e. The summed E-state index contributed by atoms with van der Waals surface area (Å²) in [5.74, 6) is -0.132. The van der Waals surface area contributed by atoms with Gasteiger partial charge in [-0.15, -0.1) is 0 Å². The molecule has 0 spiro atoms. The van der Waals surface area contributed by atoms with Gasteiger partial charge in [0.15, 0.2) is 0 Å². The van der Waals surface area contributed by atoms with Gasteiger partial charge in [0.2, 0.25) is 15.9 Å². The van der Waals surface area contributed by atoms with Gasteiger partial charge in [-0.2, -0.15) is 4.31 Å². The van der Waals surface area contributed by atoms with Crippen molar-refractivity contribution in [3.63, 3.8) is 0 Å². The second-order valence-corrected chi connectivity index (χ2v) is 11.0. The van der Waals surface area contributed by atoms with Crippen LogP contribution in [0.15, 0.2) is 83.8 Å². The Balaban J connectivity index is 1.67. The van der Waals surface area contributed by atoms with Crippen LogP contribution in [-0.2, 0) is 26.0 Å². The van der Waals surface area contributed by atoms with E-state index in [0.717, 1.165) is 16.0 Å². The normalized spacial score (nSPS) is 16.2. The summed E-state index contributed by atoms with van der Waals surface area (Å²) >= 11 is 0. The molecule has 1 heterocycles. The smallest absolute Gasteiger partial charge is 0.252 e. The van der Waals surface area contributed by atoms with Crippen molar-refractivity contribution in [2.45, 2.75) is 43.5 Å². The van der Waals surface area contributed by atoms with Crippen molar-refractivity contribution in [2.75, 3.05) is 18.6 Å². The zero-order chi connectivity index (χ0) is 25.9. The zero-order valence-corrected chi connectivity index (χ0v) is 21.4. The fourth-order valence-corrected chi connectivity index (χ4v) is 5.91. The summed E-state index contributed by atoms with van der Waals surface area (Å²) < 4.78 is 33.8. The van der Waals surface area contributed by atoms with E-state index in [1.165, 1.54) is 23.5 Å². The molecule has 1 saturated heterocycles. The summed E-state index contributed by atoms with van der Waals surface area (Å²) in [6, 6.07) is 21.6. The Morgan fingerprint density at radius 2 is 1.58 bits per heavy atom. The lowest BCUT2D eigenvalue weighted by Crippen LogP contribution is -2.46. The highest BCUT2D eigenvalue weighted by molar-refractivity contribution is 7.89. The molecule has 2 amide bonds. The number of carbonyl (C=O) groups is 2. The number of carbonyl (C=O) groups excluding carboxylic acids is 2. The van der Waals surface area contributed by atoms with E-state index >= 15 is 0 Å². The van der Waals surface area contributed by atoms with E-state index in [4.69, 9.17) is 4.74 Å². The van der Waals surface area contributed by atoms with Gasteiger partial charge >= 0.3 is 0 Å². The number of nitrogens with zero attached hydrogens (tertiary/aromatic N) is 2. The number of benzene rings is 3. The van der Waals surface area contributed by atoms with Crippen LogP contribution in [0.4, 0.5) is 5.69 Å². The molecule has 36 heavy (non-hydrogen) atoms. The van der Waals surface area contributed by atoms with Crippen LogP contribution in [0.3, 0.4) is 0 Å². The monoisotopic (exact) mass is 506 g/mol. The predicted octanol–water partition coefficient (Wildman–Crippen LogP) is 4.38. The Kier molecular flexibility index (Phi) is 7.56. The molecule has 1 aliphatic heterocycles. The summed E-state index contributed by atoms with van der Waals surface area (Å²) in [5.41, 5.74) is 2.47. The van der Waals surface area contributed by atoms with E-state index in [9.17, 15) is 18.0 Å². The molecule has 1 aliphatic rings. The lowest BCUT2D eigenvalue weighted by atomic mass is 10.0. The number of hydrogen-bond acceptors (Lipinski definition) is 5. The van der Waals surface area contributed by atoms with Crippen molar-refractivity contribution in [3.05, 3.63) is 90.0 Å². The lowest BCUT2D eigenvalue weighted by molar-refractivity contribution is -0.122. The highest BCUT2D eigenvalue weighted by Gasteiger charge is 2.46. The van der Waals surface area contributed by atoms with E-state index in [1.54, 1.807) is 24.3 Å². The number of rotatable bonds is 9. The number of imide groups is 1. The molecule has 8 heteroatoms. The minimum atomic E-state index is -4.08. The average molecular weight is 507 g/mol. The van der Waals surface area contributed by atoms with Gasteiger partial charge in [0.25, 0.3) is 5.91 Å². The number of hydrogen-bond donors (Lipinski definition) is 0. The lowest BCUT2D eigenvalue weighted by Gasteiger charge is -2.27. The summed E-state index contributed by atoms with van der Waals surface area (Å²) in [4.78, 5) is 27.7. The molecule has 0 N–H and O–H groups in total. The fraction of sp³-hybridized carbons (Fsp3) is 0.286. The van der Waals surface area contributed by atoms with Crippen molar-refractivity contribution in [3.8, 4) is 5.75 Å². The van der Waals surface area contributed by atoms with E-state index in [0.29, 0.717) is 23.8 Å². The Bertz CT molecular complexity index is 1320. The van der Waals surface area contributed by atoms with Crippen LogP contribution < -0.4 is 9.64 Å². The molecule has 1 fully saturated rings. The van der Waals surface area contributed by atoms with Gasteiger partial charge < -0.3 is 4.74 Å². The first-order valence-corrected chi connectivity index (χ1v) is 13.3. The van der Waals surface area contributed by atoms with Gasteiger partial charge in [-0.1, -0.05) is 56.3 Å². The van der Waals surface area contributed by atoms with E-state index in [2.05, 4.69) is 13.8 Å². The third kappa shape index (κ3) is 5.20. The maximum absolute atomic E-state index is 13.8. The molecular formula is C28H30N2O5S. The highest BCUT2D eigenvalue weighted by atomic mass is 32.2. The molecule has 7 nitrogen and oxygen atoms in total. The van der Waals surface area contributed by atoms with Gasteiger partial charge in [0.05, 0.1) is 24.1 Å². The number of amides is 2. The number of anilines is 1. The Hall–Kier alpha value is -3.49. The van der Waals surface area contributed by atoms with Crippen molar-refractivity contribution < 1.29 is 22.7 Å². The summed E-state index contributed by atoms with van der Waals surface area (Å²) in [7, 11) is -2.58. The van der Waals surface area contributed by atoms with E-state index < -0.39 is 27.9 Å². The van der Waals surface area contributed by atoms with Gasteiger partial charge in [0.1, 0.15) is 11.8 Å². The Labute approximate surface area is 212 Å². The molecule has 0 aliphatic carbocycles. The first kappa shape index (κ1) is 25.6. The van der Waals surface area contributed by atoms with Gasteiger partial charge in [0, 0.05) is 6.54 Å².